The summed E-state index contributed by atoms with van der Waals surface area (Å²) in [4.78, 5) is 10.3. The maximum atomic E-state index is 13.8. The van der Waals surface area contributed by atoms with Crippen molar-refractivity contribution in [3.63, 3.8) is 0 Å². The van der Waals surface area contributed by atoms with E-state index in [4.69, 9.17) is 5.11 Å². The first kappa shape index (κ1) is 12.9. The van der Waals surface area contributed by atoms with Crippen molar-refractivity contribution in [2.45, 2.75) is 23.2 Å². The molecule has 1 aromatic rings. The number of sulfone groups is 1. The standard InChI is InChI=1S/C11H10F2O4S/c1-18(16,17)9-5-7(12)6(4-8(9)13)11(2-3-11)10(14)15/h4-5H,2-3H2,1H3,(H,14,15). The van der Waals surface area contributed by atoms with Crippen molar-refractivity contribution in [1.82, 2.24) is 0 Å². The maximum absolute atomic E-state index is 13.8. The van der Waals surface area contributed by atoms with Crippen molar-refractivity contribution >= 4 is 15.8 Å². The number of benzene rings is 1. The van der Waals surface area contributed by atoms with Gasteiger partial charge in [0.05, 0.1) is 5.41 Å². The van der Waals surface area contributed by atoms with Gasteiger partial charge in [-0.1, -0.05) is 0 Å². The Bertz CT molecular complexity index is 633. The summed E-state index contributed by atoms with van der Waals surface area (Å²) in [5.74, 6) is -3.36. The van der Waals surface area contributed by atoms with Gasteiger partial charge in [-0.25, -0.2) is 17.2 Å². The summed E-state index contributed by atoms with van der Waals surface area (Å²) < 4.78 is 49.8. The first-order valence-corrected chi connectivity index (χ1v) is 7.00. The normalized spacial score (nSPS) is 17.5. The number of rotatable bonds is 3. The first-order valence-electron chi connectivity index (χ1n) is 5.11. The molecule has 0 bridgehead atoms. The second-order valence-corrected chi connectivity index (χ2v) is 6.41. The third kappa shape index (κ3) is 1.88. The molecule has 7 heteroatoms. The van der Waals surface area contributed by atoms with E-state index in [0.717, 1.165) is 6.26 Å². The van der Waals surface area contributed by atoms with Crippen LogP contribution in [-0.4, -0.2) is 25.7 Å². The van der Waals surface area contributed by atoms with Gasteiger partial charge in [-0.2, -0.15) is 0 Å². The molecule has 1 aliphatic rings. The van der Waals surface area contributed by atoms with Crippen LogP contribution in [0.3, 0.4) is 0 Å². The van der Waals surface area contributed by atoms with E-state index in [1.165, 1.54) is 0 Å². The summed E-state index contributed by atoms with van der Waals surface area (Å²) >= 11 is 0. The Balaban J connectivity index is 2.62. The van der Waals surface area contributed by atoms with Gasteiger partial charge in [-0.15, -0.1) is 0 Å². The Morgan fingerprint density at radius 1 is 1.28 bits per heavy atom. The quantitative estimate of drug-likeness (QED) is 0.907. The molecule has 1 saturated carbocycles. The van der Waals surface area contributed by atoms with Gasteiger partial charge in [-0.05, 0) is 25.0 Å². The Hall–Kier alpha value is -1.50. The number of carboxylic acid groups (broad SMARTS) is 1. The largest absolute Gasteiger partial charge is 0.481 e. The number of carbonyl (C=O) groups is 1. The van der Waals surface area contributed by atoms with Gasteiger partial charge >= 0.3 is 5.97 Å². The third-order valence-electron chi connectivity index (χ3n) is 3.10. The average Bonchev–Trinajstić information content (AvgIpc) is 3.00. The first-order chi connectivity index (χ1) is 8.18. The van der Waals surface area contributed by atoms with Crippen molar-refractivity contribution in [2.24, 2.45) is 0 Å². The highest BCUT2D eigenvalue weighted by atomic mass is 32.2. The molecule has 1 aromatic carbocycles. The van der Waals surface area contributed by atoms with Crippen molar-refractivity contribution in [3.05, 3.63) is 29.3 Å². The summed E-state index contributed by atoms with van der Waals surface area (Å²) in [6.45, 7) is 0. The Kier molecular flexibility index (Phi) is 2.69. The molecule has 0 aliphatic heterocycles. The van der Waals surface area contributed by atoms with Gasteiger partial charge in [-0.3, -0.25) is 4.79 Å². The lowest BCUT2D eigenvalue weighted by atomic mass is 9.95. The van der Waals surface area contributed by atoms with Crippen LogP contribution in [-0.2, 0) is 20.0 Å². The van der Waals surface area contributed by atoms with Gasteiger partial charge in [0.1, 0.15) is 16.5 Å². The second kappa shape index (κ2) is 3.74. The van der Waals surface area contributed by atoms with Crippen molar-refractivity contribution in [3.8, 4) is 0 Å². The third-order valence-corrected chi connectivity index (χ3v) is 4.21. The lowest BCUT2D eigenvalue weighted by molar-refractivity contribution is -0.140. The molecule has 1 fully saturated rings. The molecule has 18 heavy (non-hydrogen) atoms. The molecule has 0 saturated heterocycles. The molecule has 0 heterocycles. The van der Waals surface area contributed by atoms with E-state index in [9.17, 15) is 22.0 Å². The molecule has 0 aromatic heterocycles. The monoisotopic (exact) mass is 276 g/mol. The number of halogens is 2. The van der Waals surface area contributed by atoms with Crippen LogP contribution < -0.4 is 0 Å². The molecule has 0 atom stereocenters. The molecule has 0 unspecified atom stereocenters. The predicted octanol–water partition coefficient (Wildman–Crippen LogP) is 1.48. The van der Waals surface area contributed by atoms with Gasteiger partial charge in [0, 0.05) is 11.8 Å². The fraction of sp³-hybridized carbons (Fsp3) is 0.364. The molecule has 98 valence electrons. The summed E-state index contributed by atoms with van der Waals surface area (Å²) in [6.07, 6.45) is 1.20. The summed E-state index contributed by atoms with van der Waals surface area (Å²) in [5, 5.41) is 8.99. The van der Waals surface area contributed by atoms with Crippen LogP contribution in [0.15, 0.2) is 17.0 Å². The molecule has 0 spiro atoms. The highest BCUT2D eigenvalue weighted by Gasteiger charge is 2.53. The lowest BCUT2D eigenvalue weighted by Crippen LogP contribution is -2.21. The van der Waals surface area contributed by atoms with Crippen LogP contribution in [0.1, 0.15) is 18.4 Å². The van der Waals surface area contributed by atoms with Crippen molar-refractivity contribution < 1.29 is 27.1 Å². The minimum absolute atomic E-state index is 0.219. The molecular formula is C11H10F2O4S. The number of carboxylic acids is 1. The van der Waals surface area contributed by atoms with E-state index >= 15 is 0 Å². The summed E-state index contributed by atoms with van der Waals surface area (Å²) in [7, 11) is -3.88. The highest BCUT2D eigenvalue weighted by molar-refractivity contribution is 7.90. The predicted molar refractivity (Wildman–Crippen MR) is 58.0 cm³/mol. The minimum Gasteiger partial charge on any atom is -0.481 e. The second-order valence-electron chi connectivity index (χ2n) is 4.42. The van der Waals surface area contributed by atoms with Crippen molar-refractivity contribution in [2.75, 3.05) is 6.26 Å². The Morgan fingerprint density at radius 2 is 1.83 bits per heavy atom. The van der Waals surface area contributed by atoms with Crippen LogP contribution in [0.5, 0.6) is 0 Å². The molecule has 1 N–H and O–H groups in total. The van der Waals surface area contributed by atoms with E-state index < -0.39 is 37.8 Å². The fourth-order valence-corrected chi connectivity index (χ4v) is 2.63. The highest BCUT2D eigenvalue weighted by Crippen LogP contribution is 2.49. The Morgan fingerprint density at radius 3 is 2.22 bits per heavy atom. The molecule has 2 rings (SSSR count). The average molecular weight is 276 g/mol. The summed E-state index contributed by atoms with van der Waals surface area (Å²) in [6, 6.07) is 1.22. The topological polar surface area (TPSA) is 71.4 Å². The van der Waals surface area contributed by atoms with Gasteiger partial charge in [0.25, 0.3) is 0 Å². The maximum Gasteiger partial charge on any atom is 0.314 e. The number of aliphatic carboxylic acids is 1. The smallest absolute Gasteiger partial charge is 0.314 e. The van der Waals surface area contributed by atoms with Crippen LogP contribution >= 0.6 is 0 Å². The molecule has 1 aliphatic carbocycles. The zero-order valence-corrected chi connectivity index (χ0v) is 10.2. The molecule has 4 nitrogen and oxygen atoms in total. The molecular weight excluding hydrogens is 266 g/mol. The minimum atomic E-state index is -3.88. The van der Waals surface area contributed by atoms with Crippen LogP contribution in [0.25, 0.3) is 0 Å². The van der Waals surface area contributed by atoms with E-state index in [0.29, 0.717) is 12.1 Å². The van der Waals surface area contributed by atoms with Gasteiger partial charge < -0.3 is 5.11 Å². The zero-order chi connectivity index (χ0) is 13.7. The summed E-state index contributed by atoms with van der Waals surface area (Å²) in [5.41, 5.74) is -1.69. The van der Waals surface area contributed by atoms with Crippen LogP contribution in [0, 0.1) is 11.6 Å². The SMILES string of the molecule is CS(=O)(=O)c1cc(F)c(C2(C(=O)O)CC2)cc1F. The number of hydrogen-bond donors (Lipinski definition) is 1. The zero-order valence-electron chi connectivity index (χ0n) is 9.41. The van der Waals surface area contributed by atoms with E-state index in [-0.39, 0.29) is 18.4 Å². The van der Waals surface area contributed by atoms with Gasteiger partial charge in [0.2, 0.25) is 0 Å². The van der Waals surface area contributed by atoms with E-state index in [2.05, 4.69) is 0 Å². The van der Waals surface area contributed by atoms with E-state index in [1.54, 1.807) is 0 Å². The van der Waals surface area contributed by atoms with Crippen LogP contribution in [0.2, 0.25) is 0 Å². The fourth-order valence-electron chi connectivity index (χ4n) is 1.90. The molecule has 0 radical (unpaired) electrons. The van der Waals surface area contributed by atoms with Crippen molar-refractivity contribution in [1.29, 1.82) is 0 Å². The van der Waals surface area contributed by atoms with E-state index in [1.807, 2.05) is 0 Å². The Labute approximate surface area is 102 Å². The number of hydrogen-bond acceptors (Lipinski definition) is 3. The van der Waals surface area contributed by atoms with Gasteiger partial charge in [0.15, 0.2) is 9.84 Å². The lowest BCUT2D eigenvalue weighted by Gasteiger charge is -2.12. The molecule has 0 amide bonds. The van der Waals surface area contributed by atoms with Crippen LogP contribution in [0.4, 0.5) is 8.78 Å².